The average molecular weight is 183 g/mol. The molecule has 1 saturated heterocycles. The maximum Gasteiger partial charge on any atom is 0.00977 e. The van der Waals surface area contributed by atoms with Gasteiger partial charge in [-0.05, 0) is 38.1 Å². The lowest BCUT2D eigenvalue weighted by Gasteiger charge is -2.50. The first-order valence-electron chi connectivity index (χ1n) is 5.62. The van der Waals surface area contributed by atoms with Gasteiger partial charge >= 0.3 is 0 Å². The summed E-state index contributed by atoms with van der Waals surface area (Å²) < 4.78 is 0. The van der Waals surface area contributed by atoms with Gasteiger partial charge in [0.2, 0.25) is 0 Å². The third kappa shape index (κ3) is 1.90. The Morgan fingerprint density at radius 1 is 1.31 bits per heavy atom. The van der Waals surface area contributed by atoms with Crippen molar-refractivity contribution in [2.75, 3.05) is 7.05 Å². The first kappa shape index (κ1) is 11.0. The summed E-state index contributed by atoms with van der Waals surface area (Å²) in [6, 6.07) is 1.52. The topological polar surface area (TPSA) is 3.24 Å². The molecule has 0 aromatic carbocycles. The molecule has 1 aliphatic heterocycles. The Morgan fingerprint density at radius 2 is 1.85 bits per heavy atom. The van der Waals surface area contributed by atoms with Crippen LogP contribution in [0.5, 0.6) is 0 Å². The van der Waals surface area contributed by atoms with Crippen LogP contribution in [-0.2, 0) is 0 Å². The molecule has 78 valence electrons. The van der Waals surface area contributed by atoms with Crippen molar-refractivity contribution in [3.63, 3.8) is 0 Å². The molecular weight excluding hydrogens is 158 g/mol. The highest BCUT2D eigenvalue weighted by atomic mass is 15.2. The third-order valence-electron chi connectivity index (χ3n) is 4.41. The number of piperidine rings is 1. The quantitative estimate of drug-likeness (QED) is 0.603. The minimum atomic E-state index is 0.520. The van der Waals surface area contributed by atoms with E-state index >= 15 is 0 Å². The zero-order chi connectivity index (χ0) is 10.2. The van der Waals surface area contributed by atoms with Crippen LogP contribution in [0.3, 0.4) is 0 Å². The Balaban J connectivity index is 2.79. The molecular formula is C12H25N. The zero-order valence-electron chi connectivity index (χ0n) is 10.1. The van der Waals surface area contributed by atoms with Crippen LogP contribution in [0.15, 0.2) is 0 Å². The van der Waals surface area contributed by atoms with Crippen molar-refractivity contribution in [1.82, 2.24) is 4.90 Å². The maximum absolute atomic E-state index is 2.57. The SMILES string of the molecule is CCC1CC(C)(C)C(C)C(C)N1C. The molecule has 1 rings (SSSR count). The van der Waals surface area contributed by atoms with Gasteiger partial charge in [-0.15, -0.1) is 0 Å². The fourth-order valence-corrected chi connectivity index (χ4v) is 2.71. The molecule has 0 aromatic heterocycles. The van der Waals surface area contributed by atoms with Crippen LogP contribution in [-0.4, -0.2) is 24.0 Å². The Bertz CT molecular complexity index is 172. The van der Waals surface area contributed by atoms with E-state index in [-0.39, 0.29) is 0 Å². The Kier molecular flexibility index (Phi) is 3.06. The number of hydrogen-bond donors (Lipinski definition) is 0. The molecule has 0 radical (unpaired) electrons. The first-order valence-corrected chi connectivity index (χ1v) is 5.62. The lowest BCUT2D eigenvalue weighted by molar-refractivity contribution is -0.00902. The van der Waals surface area contributed by atoms with Crippen molar-refractivity contribution in [2.45, 2.75) is 59.5 Å². The Labute approximate surface area is 83.5 Å². The van der Waals surface area contributed by atoms with Crippen molar-refractivity contribution < 1.29 is 0 Å². The molecule has 0 bridgehead atoms. The van der Waals surface area contributed by atoms with Crippen molar-refractivity contribution >= 4 is 0 Å². The molecule has 3 unspecified atom stereocenters. The smallest absolute Gasteiger partial charge is 0.00977 e. The van der Waals surface area contributed by atoms with E-state index < -0.39 is 0 Å². The van der Waals surface area contributed by atoms with E-state index in [1.165, 1.54) is 12.8 Å². The summed E-state index contributed by atoms with van der Waals surface area (Å²) in [6.07, 6.45) is 2.64. The monoisotopic (exact) mass is 183 g/mol. The third-order valence-corrected chi connectivity index (χ3v) is 4.41. The van der Waals surface area contributed by atoms with E-state index in [4.69, 9.17) is 0 Å². The molecule has 1 heteroatoms. The second-order valence-electron chi connectivity index (χ2n) is 5.45. The average Bonchev–Trinajstić information content (AvgIpc) is 2.08. The lowest BCUT2D eigenvalue weighted by Crippen LogP contribution is -2.53. The molecule has 0 spiro atoms. The molecule has 1 fully saturated rings. The second kappa shape index (κ2) is 3.61. The van der Waals surface area contributed by atoms with Crippen LogP contribution in [0.1, 0.15) is 47.5 Å². The van der Waals surface area contributed by atoms with Gasteiger partial charge in [-0.3, -0.25) is 0 Å². The molecule has 3 atom stereocenters. The normalized spacial score (nSPS) is 40.6. The summed E-state index contributed by atoms with van der Waals surface area (Å²) in [5, 5.41) is 0. The maximum atomic E-state index is 2.57. The largest absolute Gasteiger partial charge is 0.300 e. The molecule has 1 nitrogen and oxygen atoms in total. The van der Waals surface area contributed by atoms with E-state index in [0.29, 0.717) is 5.41 Å². The van der Waals surface area contributed by atoms with Gasteiger partial charge in [-0.1, -0.05) is 27.7 Å². The van der Waals surface area contributed by atoms with E-state index in [2.05, 4.69) is 46.6 Å². The van der Waals surface area contributed by atoms with Crippen molar-refractivity contribution in [3.8, 4) is 0 Å². The van der Waals surface area contributed by atoms with Crippen molar-refractivity contribution in [1.29, 1.82) is 0 Å². The van der Waals surface area contributed by atoms with Crippen LogP contribution in [0.4, 0.5) is 0 Å². The summed E-state index contributed by atoms with van der Waals surface area (Å²) in [5.74, 6) is 0.806. The van der Waals surface area contributed by atoms with Crippen LogP contribution in [0, 0.1) is 11.3 Å². The van der Waals surface area contributed by atoms with Crippen LogP contribution < -0.4 is 0 Å². The summed E-state index contributed by atoms with van der Waals surface area (Å²) in [5.41, 5.74) is 0.520. The van der Waals surface area contributed by atoms with E-state index in [0.717, 1.165) is 18.0 Å². The van der Waals surface area contributed by atoms with Crippen LogP contribution in [0.2, 0.25) is 0 Å². The molecule has 0 amide bonds. The van der Waals surface area contributed by atoms with Gasteiger partial charge in [0, 0.05) is 12.1 Å². The molecule has 0 aliphatic carbocycles. The number of rotatable bonds is 1. The highest BCUT2D eigenvalue weighted by Crippen LogP contribution is 2.41. The van der Waals surface area contributed by atoms with Crippen LogP contribution >= 0.6 is 0 Å². The molecule has 0 aromatic rings. The summed E-state index contributed by atoms with van der Waals surface area (Å²) >= 11 is 0. The Morgan fingerprint density at radius 3 is 2.31 bits per heavy atom. The number of hydrogen-bond acceptors (Lipinski definition) is 1. The fourth-order valence-electron chi connectivity index (χ4n) is 2.71. The Hall–Kier alpha value is -0.0400. The minimum absolute atomic E-state index is 0.520. The summed E-state index contributed by atoms with van der Waals surface area (Å²) in [6.45, 7) is 11.9. The summed E-state index contributed by atoms with van der Waals surface area (Å²) in [4.78, 5) is 2.57. The van der Waals surface area contributed by atoms with E-state index in [1.807, 2.05) is 0 Å². The summed E-state index contributed by atoms with van der Waals surface area (Å²) in [7, 11) is 2.28. The molecule has 1 aliphatic rings. The first-order chi connectivity index (χ1) is 5.90. The van der Waals surface area contributed by atoms with Gasteiger partial charge in [0.05, 0.1) is 0 Å². The van der Waals surface area contributed by atoms with Gasteiger partial charge in [0.1, 0.15) is 0 Å². The van der Waals surface area contributed by atoms with E-state index in [1.54, 1.807) is 0 Å². The van der Waals surface area contributed by atoms with Gasteiger partial charge < -0.3 is 4.90 Å². The van der Waals surface area contributed by atoms with Crippen LogP contribution in [0.25, 0.3) is 0 Å². The van der Waals surface area contributed by atoms with Gasteiger partial charge in [0.15, 0.2) is 0 Å². The van der Waals surface area contributed by atoms with Crippen molar-refractivity contribution in [3.05, 3.63) is 0 Å². The predicted octanol–water partition coefficient (Wildman–Crippen LogP) is 3.15. The van der Waals surface area contributed by atoms with Crippen molar-refractivity contribution in [2.24, 2.45) is 11.3 Å². The molecule has 0 N–H and O–H groups in total. The fraction of sp³-hybridized carbons (Fsp3) is 1.00. The van der Waals surface area contributed by atoms with Gasteiger partial charge in [-0.2, -0.15) is 0 Å². The van der Waals surface area contributed by atoms with Gasteiger partial charge in [-0.25, -0.2) is 0 Å². The second-order valence-corrected chi connectivity index (χ2v) is 5.45. The molecule has 1 heterocycles. The van der Waals surface area contributed by atoms with E-state index in [9.17, 15) is 0 Å². The number of likely N-dealkylation sites (tertiary alicyclic amines) is 1. The highest BCUT2D eigenvalue weighted by molar-refractivity contribution is 4.93. The zero-order valence-corrected chi connectivity index (χ0v) is 10.1. The highest BCUT2D eigenvalue weighted by Gasteiger charge is 2.40. The number of nitrogens with zero attached hydrogens (tertiary/aromatic N) is 1. The molecule has 0 saturated carbocycles. The standard InChI is InChI=1S/C12H25N/c1-7-11-8-12(4,5)9(2)10(3)13(11)6/h9-11H,7-8H2,1-6H3. The van der Waals surface area contributed by atoms with Gasteiger partial charge in [0.25, 0.3) is 0 Å². The predicted molar refractivity (Wildman–Crippen MR) is 58.9 cm³/mol. The minimum Gasteiger partial charge on any atom is -0.300 e. The lowest BCUT2D eigenvalue weighted by atomic mass is 9.68. The molecule has 13 heavy (non-hydrogen) atoms.